The van der Waals surface area contributed by atoms with Crippen LogP contribution >= 0.6 is 0 Å². The molecule has 3 aromatic carbocycles. The molecule has 9 heteroatoms. The summed E-state index contributed by atoms with van der Waals surface area (Å²) in [5.74, 6) is 0.247. The van der Waals surface area contributed by atoms with Gasteiger partial charge < -0.3 is 27.9 Å². The Morgan fingerprint density at radius 1 is 0.577 bits per heavy atom. The Morgan fingerprint density at radius 3 is 1.33 bits per heavy atom. The molecule has 3 fully saturated rings. The zero-order chi connectivity index (χ0) is 38.1. The van der Waals surface area contributed by atoms with E-state index in [9.17, 15) is 0 Å². The van der Waals surface area contributed by atoms with Gasteiger partial charge in [-0.15, -0.1) is 0 Å². The number of rotatable bonds is 6. The number of hydrogen-bond acceptors (Lipinski definition) is 6. The van der Waals surface area contributed by atoms with Crippen molar-refractivity contribution >= 4 is 28.0 Å². The number of benzene rings is 3. The summed E-state index contributed by atoms with van der Waals surface area (Å²) in [6, 6.07) is 30.9. The maximum absolute atomic E-state index is 6.06. The second kappa shape index (κ2) is 18.6. The highest BCUT2D eigenvalue weighted by Crippen LogP contribution is 2.41. The summed E-state index contributed by atoms with van der Waals surface area (Å²) in [6.45, 7) is 30.7. The van der Waals surface area contributed by atoms with Gasteiger partial charge in [0.25, 0.3) is 0 Å². The van der Waals surface area contributed by atoms with E-state index in [0.29, 0.717) is 7.69 Å². The fraction of sp³-hybridized carbons (Fsp3) is 0.535. The molecule has 52 heavy (non-hydrogen) atoms. The Kier molecular flexibility index (Phi) is 16.3. The Hall–Kier alpha value is -2.65. The Balaban J connectivity index is 0.000000251. The maximum Gasteiger partial charge on any atom is 0.465 e. The van der Waals surface area contributed by atoms with Gasteiger partial charge in [-0.3, -0.25) is 0 Å². The molecule has 0 N–H and O–H groups in total. The van der Waals surface area contributed by atoms with Crippen LogP contribution in [0.2, 0.25) is 6.32 Å². The van der Waals surface area contributed by atoms with Gasteiger partial charge in [-0.25, -0.2) is 0 Å². The fourth-order valence-electron chi connectivity index (χ4n) is 5.28. The van der Waals surface area contributed by atoms with Crippen molar-refractivity contribution in [1.29, 1.82) is 0 Å². The third-order valence-electron chi connectivity index (χ3n) is 11.1. The van der Waals surface area contributed by atoms with Crippen LogP contribution in [0.3, 0.4) is 0 Å². The van der Waals surface area contributed by atoms with Crippen LogP contribution in [-0.4, -0.2) is 55.5 Å². The van der Waals surface area contributed by atoms with Crippen LogP contribution in [0.4, 0.5) is 0 Å². The predicted molar refractivity (Wildman–Crippen MR) is 223 cm³/mol. The highest BCUT2D eigenvalue weighted by molar-refractivity contribution is 6.47. The molecule has 3 aliphatic heterocycles. The molecule has 0 spiro atoms. The molecule has 1 unspecified atom stereocenters. The molecule has 0 radical (unpaired) electrons. The van der Waals surface area contributed by atoms with Gasteiger partial charge in [-0.1, -0.05) is 118 Å². The van der Waals surface area contributed by atoms with Gasteiger partial charge >= 0.3 is 21.9 Å². The lowest BCUT2D eigenvalue weighted by molar-refractivity contribution is 0.00578. The molecule has 3 aliphatic rings. The summed E-state index contributed by atoms with van der Waals surface area (Å²) in [4.78, 5) is 0. The van der Waals surface area contributed by atoms with Crippen LogP contribution in [0.1, 0.15) is 120 Å². The summed E-state index contributed by atoms with van der Waals surface area (Å²) in [6.07, 6.45) is 3.74. The van der Waals surface area contributed by atoms with Crippen molar-refractivity contribution in [3.8, 4) is 0 Å². The molecule has 0 bridgehead atoms. The zero-order valence-corrected chi connectivity index (χ0v) is 33.7. The van der Waals surface area contributed by atoms with E-state index in [2.05, 4.69) is 117 Å². The first-order valence-corrected chi connectivity index (χ1v) is 18.4. The molecule has 284 valence electrons. The maximum atomic E-state index is 6.06. The second-order valence-corrected chi connectivity index (χ2v) is 16.6. The van der Waals surface area contributed by atoms with Crippen molar-refractivity contribution in [2.45, 2.75) is 150 Å². The van der Waals surface area contributed by atoms with E-state index in [1.807, 2.05) is 76.2 Å². The van der Waals surface area contributed by atoms with Gasteiger partial charge in [0.1, 0.15) is 0 Å². The average Bonchev–Trinajstić information content (AvgIpc) is 3.56. The third kappa shape index (κ3) is 12.2. The molecule has 0 amide bonds. The SMILES string of the molecule is C.C=Cc1ccccc1.CC(B1OC(C)(C)C(C)(C)O1)c1ccccc1.CC1(C)OB(CCc2ccccc2)OC1(C)C.CC1(C)OBOC1(C)C. The molecule has 6 nitrogen and oxygen atoms in total. The van der Waals surface area contributed by atoms with Crippen LogP contribution in [0.15, 0.2) is 97.6 Å². The van der Waals surface area contributed by atoms with Crippen molar-refractivity contribution in [2.75, 3.05) is 0 Å². The van der Waals surface area contributed by atoms with Crippen LogP contribution in [0.5, 0.6) is 0 Å². The minimum absolute atomic E-state index is 0. The summed E-state index contributed by atoms with van der Waals surface area (Å²) < 4.78 is 34.7. The standard InChI is InChI=1S/2C14H21BO2.C8H8.C6H13BO2.CH4/c1-11(12-9-7-6-8-10-12)15-16-13(2,3)14(4,5)17-15;1-13(2)14(3,4)17-15(16-13)11-10-12-8-6-5-7-9-12;1-2-8-6-4-3-5-7-8;1-5(2)6(3,4)9-7-8-5;/h6-11H,1-5H3;5-9H,10-11H2,1-4H3;2-7H,1H2;7H,1-4H3;1H4. The van der Waals surface area contributed by atoms with E-state index in [0.717, 1.165) is 12.7 Å². The van der Waals surface area contributed by atoms with Gasteiger partial charge in [0, 0.05) is 5.82 Å². The predicted octanol–water partition coefficient (Wildman–Crippen LogP) is 10.6. The van der Waals surface area contributed by atoms with Crippen LogP contribution in [-0.2, 0) is 34.3 Å². The topological polar surface area (TPSA) is 55.4 Å². The molecule has 3 heterocycles. The minimum Gasteiger partial charge on any atom is -0.406 e. The largest absolute Gasteiger partial charge is 0.465 e. The lowest BCUT2D eigenvalue weighted by Crippen LogP contribution is -2.41. The Morgan fingerprint density at radius 2 is 0.962 bits per heavy atom. The van der Waals surface area contributed by atoms with Gasteiger partial charge in [0.2, 0.25) is 0 Å². The lowest BCUT2D eigenvalue weighted by Gasteiger charge is -2.32. The van der Waals surface area contributed by atoms with Crippen molar-refractivity contribution in [2.24, 2.45) is 0 Å². The van der Waals surface area contributed by atoms with Crippen molar-refractivity contribution < 1.29 is 27.9 Å². The van der Waals surface area contributed by atoms with Crippen LogP contribution in [0, 0.1) is 0 Å². The van der Waals surface area contributed by atoms with Crippen LogP contribution in [0.25, 0.3) is 6.08 Å². The monoisotopic (exact) mass is 713 g/mol. The first kappa shape index (κ1) is 45.5. The molecular formula is C43H67B3O6. The molecule has 1 atom stereocenters. The Labute approximate surface area is 319 Å². The van der Waals surface area contributed by atoms with E-state index >= 15 is 0 Å². The molecule has 0 saturated carbocycles. The average molecular weight is 712 g/mol. The summed E-state index contributed by atoms with van der Waals surface area (Å²) in [5.41, 5.74) is 2.57. The van der Waals surface area contributed by atoms with Gasteiger partial charge in [0.15, 0.2) is 0 Å². The van der Waals surface area contributed by atoms with Gasteiger partial charge in [-0.2, -0.15) is 0 Å². The normalized spacial score (nSPS) is 21.3. The molecule has 0 aromatic heterocycles. The van der Waals surface area contributed by atoms with E-state index < -0.39 is 0 Å². The summed E-state index contributed by atoms with van der Waals surface area (Å²) in [5, 5.41) is 0. The highest BCUT2D eigenvalue weighted by atomic mass is 16.7. The third-order valence-corrected chi connectivity index (χ3v) is 11.1. The quantitative estimate of drug-likeness (QED) is 0.237. The molecule has 3 saturated heterocycles. The van der Waals surface area contributed by atoms with Gasteiger partial charge in [0.05, 0.1) is 33.6 Å². The van der Waals surface area contributed by atoms with Crippen molar-refractivity contribution in [1.82, 2.24) is 0 Å². The van der Waals surface area contributed by atoms with Gasteiger partial charge in [-0.05, 0) is 113 Å². The number of hydrogen-bond donors (Lipinski definition) is 0. The molecular weight excluding hydrogens is 645 g/mol. The van der Waals surface area contributed by atoms with E-state index in [4.69, 9.17) is 27.9 Å². The second-order valence-electron chi connectivity index (χ2n) is 16.6. The summed E-state index contributed by atoms with van der Waals surface area (Å²) >= 11 is 0. The minimum atomic E-state index is -0.249. The highest BCUT2D eigenvalue weighted by Gasteiger charge is 2.53. The smallest absolute Gasteiger partial charge is 0.406 e. The molecule has 3 aromatic rings. The van der Waals surface area contributed by atoms with E-state index in [-0.39, 0.29) is 61.1 Å². The molecule has 0 aliphatic carbocycles. The number of aryl methyl sites for hydroxylation is 1. The zero-order valence-electron chi connectivity index (χ0n) is 33.7. The molecule has 6 rings (SSSR count). The fourth-order valence-corrected chi connectivity index (χ4v) is 5.28. The van der Waals surface area contributed by atoms with Crippen LogP contribution < -0.4 is 0 Å². The van der Waals surface area contributed by atoms with E-state index in [1.54, 1.807) is 0 Å². The first-order chi connectivity index (χ1) is 23.6. The lowest BCUT2D eigenvalue weighted by atomic mass is 9.69. The van der Waals surface area contributed by atoms with Crippen molar-refractivity contribution in [3.63, 3.8) is 0 Å². The summed E-state index contributed by atoms with van der Waals surface area (Å²) in [7, 11) is 0.183. The Bertz CT molecular complexity index is 1430. The van der Waals surface area contributed by atoms with Crippen molar-refractivity contribution in [3.05, 3.63) is 114 Å². The van der Waals surface area contributed by atoms with E-state index in [1.165, 1.54) is 16.7 Å². The first-order valence-electron chi connectivity index (χ1n) is 18.4.